The number of hydrogen-bond acceptors (Lipinski definition) is 6. The largest absolute Gasteiger partial charge is 0.481 e. The van der Waals surface area contributed by atoms with Crippen molar-refractivity contribution in [2.45, 2.75) is 29.1 Å². The van der Waals surface area contributed by atoms with Gasteiger partial charge in [0.2, 0.25) is 5.88 Å². The number of ether oxygens (including phenoxy) is 1. The van der Waals surface area contributed by atoms with E-state index in [-0.39, 0.29) is 33.6 Å². The molecule has 0 saturated carbocycles. The first-order valence-electron chi connectivity index (χ1n) is 9.54. The van der Waals surface area contributed by atoms with Crippen LogP contribution in [-0.2, 0) is 0 Å². The number of aromatic nitrogens is 5. The van der Waals surface area contributed by atoms with E-state index in [1.165, 1.54) is 35.0 Å². The highest BCUT2D eigenvalue weighted by Crippen LogP contribution is 2.35. The maximum atomic E-state index is 13.4. The number of rotatable bonds is 5. The quantitative estimate of drug-likeness (QED) is 0.266. The van der Waals surface area contributed by atoms with Crippen LogP contribution in [0.3, 0.4) is 0 Å². The van der Waals surface area contributed by atoms with Crippen molar-refractivity contribution < 1.29 is 27.1 Å². The molecule has 1 amide bonds. The molecule has 0 N–H and O–H groups in total. The van der Waals surface area contributed by atoms with Gasteiger partial charge in [-0.15, -0.1) is 0 Å². The van der Waals surface area contributed by atoms with Gasteiger partial charge in [-0.2, -0.15) is 10.1 Å². The van der Waals surface area contributed by atoms with Crippen LogP contribution in [0.15, 0.2) is 24.5 Å². The Hall–Kier alpha value is -2.58. The molecule has 0 bridgehead atoms. The predicted molar refractivity (Wildman–Crippen MR) is 113 cm³/mol. The molecular weight excluding hydrogens is 547 g/mol. The summed E-state index contributed by atoms with van der Waals surface area (Å²) < 4.78 is 59.5. The third kappa shape index (κ3) is 4.34. The van der Waals surface area contributed by atoms with Gasteiger partial charge in [0.25, 0.3) is 24.5 Å². The Bertz CT molecular complexity index is 1140. The molecule has 4 rings (SSSR count). The van der Waals surface area contributed by atoms with Crippen LogP contribution in [-0.4, -0.2) is 59.5 Å². The number of halogens is 5. The number of pyridine rings is 1. The first kappa shape index (κ1) is 22.6. The van der Waals surface area contributed by atoms with E-state index in [9.17, 15) is 22.4 Å². The lowest BCUT2D eigenvalue weighted by molar-refractivity contribution is 0.0710. The molecule has 0 aliphatic carbocycles. The van der Waals surface area contributed by atoms with Gasteiger partial charge in [-0.3, -0.25) is 4.79 Å². The zero-order chi connectivity index (χ0) is 23.0. The molecule has 32 heavy (non-hydrogen) atoms. The number of hydrogen-bond donors (Lipinski definition) is 0. The molecule has 1 fully saturated rings. The lowest BCUT2D eigenvalue weighted by Gasteiger charge is -2.36. The van der Waals surface area contributed by atoms with Crippen LogP contribution in [0.1, 0.15) is 52.6 Å². The Morgan fingerprint density at radius 2 is 1.88 bits per heavy atom. The maximum absolute atomic E-state index is 13.4. The van der Waals surface area contributed by atoms with Gasteiger partial charge in [0, 0.05) is 34.6 Å². The van der Waals surface area contributed by atoms with Crippen LogP contribution in [0, 0.1) is 0 Å². The summed E-state index contributed by atoms with van der Waals surface area (Å²) in [5.41, 5.74) is -0.506. The molecule has 0 aromatic carbocycles. The van der Waals surface area contributed by atoms with Crippen LogP contribution in [0.2, 0.25) is 0 Å². The average molecular weight is 564 g/mol. The zero-order valence-corrected chi connectivity index (χ0v) is 18.8. The van der Waals surface area contributed by atoms with Crippen LogP contribution in [0.25, 0.3) is 5.78 Å². The second kappa shape index (κ2) is 9.11. The van der Waals surface area contributed by atoms with Crippen LogP contribution in [0.4, 0.5) is 17.6 Å². The van der Waals surface area contributed by atoms with Gasteiger partial charge in [-0.25, -0.2) is 32.0 Å². The summed E-state index contributed by atoms with van der Waals surface area (Å²) in [6, 6.07) is 3.62. The monoisotopic (exact) mass is 564 g/mol. The molecule has 4 heterocycles. The van der Waals surface area contributed by atoms with Crippen molar-refractivity contribution in [2.75, 3.05) is 20.2 Å². The third-order valence-electron chi connectivity index (χ3n) is 5.22. The van der Waals surface area contributed by atoms with Crippen molar-refractivity contribution in [3.8, 4) is 5.88 Å². The molecule has 8 nitrogen and oxygen atoms in total. The molecule has 2 atom stereocenters. The highest BCUT2D eigenvalue weighted by atomic mass is 127. The van der Waals surface area contributed by atoms with E-state index in [0.29, 0.717) is 18.7 Å². The van der Waals surface area contributed by atoms with Gasteiger partial charge >= 0.3 is 0 Å². The van der Waals surface area contributed by atoms with E-state index in [1.54, 1.807) is 0 Å². The number of alkyl halides is 5. The van der Waals surface area contributed by atoms with Crippen LogP contribution >= 0.6 is 22.6 Å². The third-order valence-corrected chi connectivity index (χ3v) is 6.71. The van der Waals surface area contributed by atoms with Gasteiger partial charge in [0.05, 0.1) is 12.8 Å². The summed E-state index contributed by atoms with van der Waals surface area (Å²) >= 11 is 2.22. The maximum Gasteiger partial charge on any atom is 0.280 e. The van der Waals surface area contributed by atoms with Crippen molar-refractivity contribution >= 4 is 34.3 Å². The van der Waals surface area contributed by atoms with Gasteiger partial charge < -0.3 is 9.64 Å². The molecule has 1 saturated heterocycles. The number of fused-ring (bicyclic) bond motifs is 1. The Kier molecular flexibility index (Phi) is 6.44. The summed E-state index contributed by atoms with van der Waals surface area (Å²) in [6.45, 7) is 0.563. The average Bonchev–Trinajstić information content (AvgIpc) is 3.26. The molecule has 3 aromatic rings. The van der Waals surface area contributed by atoms with Crippen molar-refractivity contribution in [2.24, 2.45) is 0 Å². The van der Waals surface area contributed by atoms with Gasteiger partial charge in [-0.1, -0.05) is 22.6 Å². The van der Waals surface area contributed by atoms with Crippen LogP contribution < -0.4 is 4.74 Å². The summed E-state index contributed by atoms with van der Waals surface area (Å²) in [7, 11) is 1.27. The fourth-order valence-electron chi connectivity index (χ4n) is 3.67. The lowest BCUT2D eigenvalue weighted by Crippen LogP contribution is -2.43. The summed E-state index contributed by atoms with van der Waals surface area (Å²) in [5.74, 6) is -0.869. The second-order valence-electron chi connectivity index (χ2n) is 7.16. The number of amides is 1. The molecule has 170 valence electrons. The first-order valence-corrected chi connectivity index (χ1v) is 10.8. The smallest absolute Gasteiger partial charge is 0.280 e. The topological polar surface area (TPSA) is 85.5 Å². The SMILES string of the molecule is COc1cc(C(=O)N2CCC(I)[C@H](c3cc(C(F)F)nc4ncnn34)C2)cc(C(F)F)n1. The molecule has 13 heteroatoms. The molecule has 1 unspecified atom stereocenters. The van der Waals surface area contributed by atoms with E-state index in [4.69, 9.17) is 4.74 Å². The lowest BCUT2D eigenvalue weighted by atomic mass is 9.93. The second-order valence-corrected chi connectivity index (χ2v) is 8.76. The molecule has 0 spiro atoms. The highest BCUT2D eigenvalue weighted by molar-refractivity contribution is 14.1. The van der Waals surface area contributed by atoms with E-state index >= 15 is 0 Å². The van der Waals surface area contributed by atoms with Gasteiger partial charge in [-0.05, 0) is 18.6 Å². The molecule has 1 aliphatic rings. The van der Waals surface area contributed by atoms with E-state index < -0.39 is 30.1 Å². The number of carbonyl (C=O) groups excluding carboxylic acids is 1. The minimum atomic E-state index is -2.87. The fourth-order valence-corrected chi connectivity index (χ4v) is 4.54. The van der Waals surface area contributed by atoms with Gasteiger partial charge in [0.1, 0.15) is 17.7 Å². The highest BCUT2D eigenvalue weighted by Gasteiger charge is 2.34. The molecule has 1 aliphatic heterocycles. The summed E-state index contributed by atoms with van der Waals surface area (Å²) in [5, 5.41) is 4.09. The number of methoxy groups -OCH3 is 1. The molecule has 0 radical (unpaired) electrons. The minimum Gasteiger partial charge on any atom is -0.481 e. The minimum absolute atomic E-state index is 0.0144. The standard InChI is InChI=1S/C19H17F4IN6O2/c1-32-15-5-9(4-12(27-15)16(20)21)18(31)29-3-2-11(24)10(7-29)14-6-13(17(22)23)28-19-25-8-26-30(14)19/h4-6,8,10-11,16-17H,2-3,7H2,1H3/t10-,11?/m1/s1. The van der Waals surface area contributed by atoms with Crippen LogP contribution in [0.5, 0.6) is 5.88 Å². The van der Waals surface area contributed by atoms with E-state index in [0.717, 1.165) is 6.07 Å². The van der Waals surface area contributed by atoms with E-state index in [2.05, 4.69) is 42.6 Å². The number of nitrogens with zero attached hydrogens (tertiary/aromatic N) is 6. The number of likely N-dealkylation sites (tertiary alicyclic amines) is 1. The molecular formula is C19H17F4IN6O2. The number of carbonyl (C=O) groups is 1. The first-order chi connectivity index (χ1) is 15.3. The Morgan fingerprint density at radius 1 is 1.16 bits per heavy atom. The van der Waals surface area contributed by atoms with Crippen molar-refractivity contribution in [3.05, 3.63) is 47.2 Å². The van der Waals surface area contributed by atoms with Crippen molar-refractivity contribution in [3.63, 3.8) is 0 Å². The number of piperidine rings is 1. The normalized spacial score (nSPS) is 19.2. The van der Waals surface area contributed by atoms with Gasteiger partial charge in [0.15, 0.2) is 0 Å². The fraction of sp³-hybridized carbons (Fsp3) is 0.421. The van der Waals surface area contributed by atoms with Crippen molar-refractivity contribution in [1.82, 2.24) is 29.5 Å². The van der Waals surface area contributed by atoms with E-state index in [1.807, 2.05) is 0 Å². The Balaban J connectivity index is 1.68. The Morgan fingerprint density at radius 3 is 2.56 bits per heavy atom. The summed E-state index contributed by atoms with van der Waals surface area (Å²) in [6.07, 6.45) is -3.86. The molecule has 3 aromatic heterocycles. The predicted octanol–water partition coefficient (Wildman–Crippen LogP) is 3.84. The zero-order valence-electron chi connectivity index (χ0n) is 16.6. The van der Waals surface area contributed by atoms with Crippen molar-refractivity contribution in [1.29, 1.82) is 0 Å². The summed E-state index contributed by atoms with van der Waals surface area (Å²) in [4.78, 5) is 26.1. The Labute approximate surface area is 193 Å².